The molecule has 2 unspecified atom stereocenters. The van der Waals surface area contributed by atoms with E-state index >= 15 is 0 Å². The number of allylic oxidation sites excluding steroid dienone is 3. The zero-order valence-corrected chi connectivity index (χ0v) is 28.7. The Morgan fingerprint density at radius 1 is 0.951 bits per heavy atom. The molecule has 1 saturated heterocycles. The van der Waals surface area contributed by atoms with Gasteiger partial charge in [-0.15, -0.1) is 0 Å². The molecule has 8 heteroatoms. The average molecular weight is 603 g/mol. The maximum Gasteiger partial charge on any atom is 0.348 e. The van der Waals surface area contributed by atoms with E-state index in [1.807, 2.05) is 49.4 Å². The first-order valence-corrected chi connectivity index (χ1v) is 20.8. The Hall–Kier alpha value is -1.85. The molecule has 0 bridgehead atoms. The molecule has 1 heterocycles. The number of hydrogen-bond donors (Lipinski definition) is 1. The monoisotopic (exact) mass is 602 g/mol. The second kappa shape index (κ2) is 16.1. The minimum Gasteiger partial charge on any atom is -0.457 e. The van der Waals surface area contributed by atoms with Gasteiger partial charge in [0.2, 0.25) is 5.60 Å². The summed E-state index contributed by atoms with van der Waals surface area (Å²) >= 11 is 0. The van der Waals surface area contributed by atoms with Crippen LogP contribution in [-0.4, -0.2) is 57.4 Å². The molecule has 0 spiro atoms. The molecule has 1 N–H and O–H groups in total. The van der Waals surface area contributed by atoms with E-state index in [0.29, 0.717) is 6.42 Å². The van der Waals surface area contributed by atoms with Gasteiger partial charge in [0.15, 0.2) is 22.4 Å². The molecule has 1 aromatic rings. The lowest BCUT2D eigenvalue weighted by molar-refractivity contribution is -0.164. The summed E-state index contributed by atoms with van der Waals surface area (Å²) in [6, 6.07) is 14.7. The Balaban J connectivity index is 2.75. The van der Waals surface area contributed by atoms with Gasteiger partial charge in [-0.1, -0.05) is 110 Å². The fraction of sp³-hybridized carbons (Fsp3) is 0.636. The molecule has 0 aromatic heterocycles. The van der Waals surface area contributed by atoms with E-state index in [4.69, 9.17) is 13.6 Å². The largest absolute Gasteiger partial charge is 0.457 e. The number of benzene rings is 1. The molecule has 2 rings (SSSR count). The van der Waals surface area contributed by atoms with Crippen LogP contribution in [0.5, 0.6) is 0 Å². The molecule has 230 valence electrons. The Morgan fingerprint density at radius 2 is 1.51 bits per heavy atom. The number of esters is 1. The van der Waals surface area contributed by atoms with Crippen LogP contribution in [0.15, 0.2) is 54.6 Å². The molecule has 1 aliphatic rings. The molecule has 1 fully saturated rings. The summed E-state index contributed by atoms with van der Waals surface area (Å²) in [4.78, 5) is 28.9. The summed E-state index contributed by atoms with van der Waals surface area (Å²) < 4.78 is 20.3. The summed E-state index contributed by atoms with van der Waals surface area (Å²) in [6.07, 6.45) is 5.83. The number of cyclic esters (lactones) is 1. The molecule has 0 amide bonds. The van der Waals surface area contributed by atoms with Crippen LogP contribution in [0.25, 0.3) is 0 Å². The smallest absolute Gasteiger partial charge is 0.348 e. The number of Topliss-reactive ketones (excluding diaryl/α,β-unsaturated/α-hetero) is 1. The highest BCUT2D eigenvalue weighted by atomic mass is 28.4. The van der Waals surface area contributed by atoms with Gasteiger partial charge in [-0.05, 0) is 48.2 Å². The highest BCUT2D eigenvalue weighted by Gasteiger charge is 2.68. The van der Waals surface area contributed by atoms with Crippen LogP contribution >= 0.6 is 0 Å². The quantitative estimate of drug-likeness (QED) is 0.0816. The highest BCUT2D eigenvalue weighted by molar-refractivity contribution is 6.74. The predicted molar refractivity (Wildman–Crippen MR) is 172 cm³/mol. The van der Waals surface area contributed by atoms with Crippen molar-refractivity contribution in [2.45, 2.75) is 128 Å². The molecule has 41 heavy (non-hydrogen) atoms. The van der Waals surface area contributed by atoms with Crippen molar-refractivity contribution in [2.24, 2.45) is 5.92 Å². The molecule has 1 aromatic carbocycles. The summed E-state index contributed by atoms with van der Waals surface area (Å²) in [5.41, 5.74) is -0.915. The number of ketones is 1. The minimum absolute atomic E-state index is 0.425. The number of aliphatic hydroxyl groups excluding tert-OH is 1. The Bertz CT molecular complexity index is 1000. The standard InChI is InChI=1S/C33H54O6Si2/c1-9-16-17-21-24-28(34)26(8)30(35)33(39-41(13-5,14-6)15-7)31(38-40(10-2,11-3)12-4)29(37-32(33)36)25-27-22-19-18-20-23-27/h16-24,26,28-29,31,34H,9-15,25H2,1-8H3/b17-16+,24-21+/t26?,28?,29-,31+,33-/m1/s1. The maximum atomic E-state index is 14.7. The fourth-order valence-electron chi connectivity index (χ4n) is 5.84. The zero-order valence-electron chi connectivity index (χ0n) is 26.7. The second-order valence-electron chi connectivity index (χ2n) is 11.4. The van der Waals surface area contributed by atoms with Crippen LogP contribution in [-0.2, 0) is 29.6 Å². The van der Waals surface area contributed by atoms with Gasteiger partial charge < -0.3 is 18.7 Å². The molecule has 0 aliphatic carbocycles. The molecule has 0 radical (unpaired) electrons. The molecule has 5 atom stereocenters. The third-order valence-electron chi connectivity index (χ3n) is 9.28. The van der Waals surface area contributed by atoms with Crippen molar-refractivity contribution in [1.29, 1.82) is 0 Å². The van der Waals surface area contributed by atoms with E-state index < -0.39 is 58.2 Å². The second-order valence-corrected chi connectivity index (χ2v) is 20.8. The van der Waals surface area contributed by atoms with E-state index in [9.17, 15) is 14.7 Å². The molecule has 1 aliphatic heterocycles. The van der Waals surface area contributed by atoms with Crippen molar-refractivity contribution in [3.63, 3.8) is 0 Å². The van der Waals surface area contributed by atoms with Gasteiger partial charge in [-0.3, -0.25) is 4.79 Å². The number of hydrogen-bond acceptors (Lipinski definition) is 6. The third kappa shape index (κ3) is 7.96. The highest BCUT2D eigenvalue weighted by Crippen LogP contribution is 2.44. The zero-order chi connectivity index (χ0) is 30.7. The Kier molecular flexibility index (Phi) is 13.9. The number of carbonyl (C=O) groups is 2. The molecular formula is C33H54O6Si2. The van der Waals surface area contributed by atoms with Crippen molar-refractivity contribution in [2.75, 3.05) is 0 Å². The summed E-state index contributed by atoms with van der Waals surface area (Å²) in [7, 11) is -4.88. The lowest BCUT2D eigenvalue weighted by Gasteiger charge is -2.44. The molecular weight excluding hydrogens is 549 g/mol. The number of carbonyl (C=O) groups excluding carboxylic acids is 2. The SMILES string of the molecule is CC/C=C/C=C/C(O)C(C)C(=O)[C@]1(O[Si](CC)(CC)CC)C(=O)O[C@H](Cc2ccccc2)[C@@H]1O[Si](CC)(CC)CC. The number of aliphatic hydroxyl groups is 1. The molecule has 0 saturated carbocycles. The maximum absolute atomic E-state index is 14.7. The minimum atomic E-state index is -2.54. The van der Waals surface area contributed by atoms with Gasteiger partial charge in [-0.2, -0.15) is 0 Å². The first-order chi connectivity index (χ1) is 19.6. The van der Waals surface area contributed by atoms with Gasteiger partial charge in [0.1, 0.15) is 12.2 Å². The topological polar surface area (TPSA) is 82.1 Å². The van der Waals surface area contributed by atoms with Crippen molar-refractivity contribution in [1.82, 2.24) is 0 Å². The van der Waals surface area contributed by atoms with Crippen molar-refractivity contribution in [3.05, 3.63) is 60.2 Å². The van der Waals surface area contributed by atoms with Crippen molar-refractivity contribution in [3.8, 4) is 0 Å². The van der Waals surface area contributed by atoms with Crippen LogP contribution in [0.2, 0.25) is 36.3 Å². The van der Waals surface area contributed by atoms with Gasteiger partial charge in [0.05, 0.1) is 6.10 Å². The summed E-state index contributed by atoms with van der Waals surface area (Å²) in [6.45, 7) is 16.4. The number of ether oxygens (including phenoxy) is 1. The van der Waals surface area contributed by atoms with Crippen LogP contribution in [0, 0.1) is 5.92 Å². The Morgan fingerprint density at radius 3 is 2.02 bits per heavy atom. The van der Waals surface area contributed by atoms with Crippen molar-refractivity contribution >= 4 is 28.4 Å². The molecule has 6 nitrogen and oxygen atoms in total. The van der Waals surface area contributed by atoms with Gasteiger partial charge >= 0.3 is 5.97 Å². The Labute approximate surface area is 250 Å². The van der Waals surface area contributed by atoms with Gasteiger partial charge in [-0.25, -0.2) is 4.79 Å². The fourth-order valence-corrected chi connectivity index (χ4v) is 11.6. The van der Waals surface area contributed by atoms with E-state index in [1.54, 1.807) is 19.1 Å². The average Bonchev–Trinajstić information content (AvgIpc) is 3.25. The van der Waals surface area contributed by atoms with E-state index in [-0.39, 0.29) is 0 Å². The first kappa shape index (κ1) is 35.4. The van der Waals surface area contributed by atoms with E-state index in [1.165, 1.54) is 0 Å². The lowest BCUT2D eigenvalue weighted by atomic mass is 9.81. The normalized spacial score (nSPS) is 23.3. The van der Waals surface area contributed by atoms with Gasteiger partial charge in [0.25, 0.3) is 0 Å². The van der Waals surface area contributed by atoms with Crippen LogP contribution in [0.4, 0.5) is 0 Å². The van der Waals surface area contributed by atoms with Crippen LogP contribution < -0.4 is 0 Å². The number of rotatable bonds is 18. The van der Waals surface area contributed by atoms with Crippen molar-refractivity contribution < 1.29 is 28.3 Å². The van der Waals surface area contributed by atoms with E-state index in [2.05, 4.69) is 41.5 Å². The van der Waals surface area contributed by atoms with E-state index in [0.717, 1.165) is 48.2 Å². The first-order valence-electron chi connectivity index (χ1n) is 15.8. The lowest BCUT2D eigenvalue weighted by Crippen LogP contribution is -2.65. The van der Waals surface area contributed by atoms with Gasteiger partial charge in [0, 0.05) is 12.3 Å². The summed E-state index contributed by atoms with van der Waals surface area (Å²) in [5.74, 6) is -2.01. The van der Waals surface area contributed by atoms with Crippen LogP contribution in [0.1, 0.15) is 67.4 Å². The third-order valence-corrected chi connectivity index (χ3v) is 18.5. The summed E-state index contributed by atoms with van der Waals surface area (Å²) in [5, 5.41) is 11.1. The van der Waals surface area contributed by atoms with Crippen LogP contribution in [0.3, 0.4) is 0 Å². The predicted octanol–water partition coefficient (Wildman–Crippen LogP) is 7.39.